The molecule has 1 aromatic heterocycles. The molecule has 1 aromatic rings. The van der Waals surface area contributed by atoms with Crippen molar-refractivity contribution in [1.82, 2.24) is 4.90 Å². The van der Waals surface area contributed by atoms with E-state index in [4.69, 9.17) is 22.1 Å². The largest absolute Gasteiger partial charge is 0.370 e. The Bertz CT molecular complexity index is 352. The van der Waals surface area contributed by atoms with Gasteiger partial charge in [0.2, 0.25) is 0 Å². The van der Waals surface area contributed by atoms with Crippen molar-refractivity contribution in [3.63, 3.8) is 0 Å². The van der Waals surface area contributed by atoms with Crippen LogP contribution in [-0.4, -0.2) is 37.6 Å². The quantitative estimate of drug-likeness (QED) is 0.871. The van der Waals surface area contributed by atoms with Gasteiger partial charge in [-0.05, 0) is 12.1 Å². The molecule has 90 valence electrons. The molecule has 6 heteroatoms. The normalized spacial score (nSPS) is 12.5. The van der Waals surface area contributed by atoms with E-state index in [9.17, 15) is 4.79 Å². The molecule has 1 amide bonds. The molecule has 1 unspecified atom stereocenters. The number of nitrogens with two attached hydrogens (primary N) is 1. The summed E-state index contributed by atoms with van der Waals surface area (Å²) in [5.74, 6) is -0.116. The van der Waals surface area contributed by atoms with Gasteiger partial charge in [0.15, 0.2) is 0 Å². The number of hydrogen-bond donors (Lipinski definition) is 1. The predicted octanol–water partition coefficient (Wildman–Crippen LogP) is 1.33. The van der Waals surface area contributed by atoms with Crippen molar-refractivity contribution in [2.75, 3.05) is 20.7 Å². The molecule has 0 saturated carbocycles. The molecule has 0 bridgehead atoms. The Morgan fingerprint density at radius 3 is 2.81 bits per heavy atom. The van der Waals surface area contributed by atoms with Crippen LogP contribution in [0, 0.1) is 0 Å². The van der Waals surface area contributed by atoms with Crippen molar-refractivity contribution in [3.8, 4) is 0 Å². The molecule has 1 atom stereocenters. The molecule has 0 spiro atoms. The lowest BCUT2D eigenvalue weighted by Gasteiger charge is -2.21. The number of thiophene rings is 1. The first-order valence-electron chi connectivity index (χ1n) is 4.80. The summed E-state index contributed by atoms with van der Waals surface area (Å²) >= 11 is 7.27. The zero-order valence-corrected chi connectivity index (χ0v) is 10.8. The highest BCUT2D eigenvalue weighted by Crippen LogP contribution is 2.22. The van der Waals surface area contributed by atoms with E-state index in [2.05, 4.69) is 0 Å². The average molecular weight is 263 g/mol. The smallest absolute Gasteiger partial charge is 0.253 e. The summed E-state index contributed by atoms with van der Waals surface area (Å²) in [5.41, 5.74) is 5.43. The number of nitrogens with zero attached hydrogens (tertiary/aromatic N) is 1. The molecule has 1 heterocycles. The van der Waals surface area contributed by atoms with Gasteiger partial charge >= 0.3 is 0 Å². The van der Waals surface area contributed by atoms with Gasteiger partial charge < -0.3 is 15.4 Å². The number of rotatable bonds is 5. The van der Waals surface area contributed by atoms with Crippen LogP contribution in [0.25, 0.3) is 0 Å². The zero-order valence-electron chi connectivity index (χ0n) is 9.27. The molecule has 0 radical (unpaired) electrons. The standard InChI is InChI=1S/C10H15ClN2O2S/c1-13(10(14)8(5-12)15-2)6-7-3-4-9(11)16-7/h3-4,8H,5-6,12H2,1-2H3. The minimum absolute atomic E-state index is 0.116. The highest BCUT2D eigenvalue weighted by molar-refractivity contribution is 7.16. The van der Waals surface area contributed by atoms with Gasteiger partial charge in [-0.25, -0.2) is 0 Å². The highest BCUT2D eigenvalue weighted by atomic mass is 35.5. The van der Waals surface area contributed by atoms with E-state index in [0.29, 0.717) is 6.54 Å². The van der Waals surface area contributed by atoms with Crippen LogP contribution in [0.5, 0.6) is 0 Å². The lowest BCUT2D eigenvalue weighted by atomic mass is 10.3. The molecule has 4 nitrogen and oxygen atoms in total. The van der Waals surface area contributed by atoms with Gasteiger partial charge in [-0.3, -0.25) is 4.79 Å². The van der Waals surface area contributed by atoms with Crippen molar-refractivity contribution in [3.05, 3.63) is 21.3 Å². The first-order valence-corrected chi connectivity index (χ1v) is 6.00. The number of hydrogen-bond acceptors (Lipinski definition) is 4. The fourth-order valence-electron chi connectivity index (χ4n) is 1.29. The van der Waals surface area contributed by atoms with Crippen LogP contribution in [0.3, 0.4) is 0 Å². The number of amides is 1. The van der Waals surface area contributed by atoms with Crippen LogP contribution in [0.2, 0.25) is 4.34 Å². The lowest BCUT2D eigenvalue weighted by molar-refractivity contribution is -0.140. The van der Waals surface area contributed by atoms with E-state index >= 15 is 0 Å². The molecule has 0 aliphatic carbocycles. The van der Waals surface area contributed by atoms with Crippen molar-refractivity contribution in [2.24, 2.45) is 5.73 Å². The Morgan fingerprint density at radius 2 is 2.38 bits per heavy atom. The molecule has 2 N–H and O–H groups in total. The summed E-state index contributed by atoms with van der Waals surface area (Å²) in [4.78, 5) is 14.4. The van der Waals surface area contributed by atoms with E-state index in [-0.39, 0.29) is 12.5 Å². The van der Waals surface area contributed by atoms with Crippen LogP contribution in [0.4, 0.5) is 0 Å². The Balaban J connectivity index is 2.57. The topological polar surface area (TPSA) is 55.6 Å². The van der Waals surface area contributed by atoms with E-state index in [1.54, 1.807) is 11.9 Å². The molecule has 0 aromatic carbocycles. The van der Waals surface area contributed by atoms with Gasteiger partial charge in [0.25, 0.3) is 5.91 Å². The Labute approximate surface area is 104 Å². The number of halogens is 1. The SMILES string of the molecule is COC(CN)C(=O)N(C)Cc1ccc(Cl)s1. The Morgan fingerprint density at radius 1 is 1.69 bits per heavy atom. The number of carbonyl (C=O) groups excluding carboxylic acids is 1. The lowest BCUT2D eigenvalue weighted by Crippen LogP contribution is -2.41. The van der Waals surface area contributed by atoms with Gasteiger partial charge in [0.05, 0.1) is 10.9 Å². The molecule has 0 fully saturated rings. The number of ether oxygens (including phenoxy) is 1. The molecule has 1 rings (SSSR count). The van der Waals surface area contributed by atoms with Crippen LogP contribution >= 0.6 is 22.9 Å². The van der Waals surface area contributed by atoms with Gasteiger partial charge in [0, 0.05) is 25.6 Å². The third kappa shape index (κ3) is 3.45. The van der Waals surface area contributed by atoms with E-state index < -0.39 is 6.10 Å². The average Bonchev–Trinajstić information content (AvgIpc) is 2.65. The molecule has 16 heavy (non-hydrogen) atoms. The zero-order chi connectivity index (χ0) is 12.1. The second kappa shape index (κ2) is 6.20. The van der Waals surface area contributed by atoms with Crippen LogP contribution in [-0.2, 0) is 16.1 Å². The highest BCUT2D eigenvalue weighted by Gasteiger charge is 2.20. The minimum Gasteiger partial charge on any atom is -0.370 e. The van der Waals surface area contributed by atoms with Crippen molar-refractivity contribution in [2.45, 2.75) is 12.6 Å². The summed E-state index contributed by atoms with van der Waals surface area (Å²) in [6, 6.07) is 3.72. The Hall–Kier alpha value is -0.620. The van der Waals surface area contributed by atoms with Crippen molar-refractivity contribution in [1.29, 1.82) is 0 Å². The summed E-state index contributed by atoms with van der Waals surface area (Å²) in [7, 11) is 3.20. The number of methoxy groups -OCH3 is 1. The molecule has 0 saturated heterocycles. The minimum atomic E-state index is -0.569. The maximum atomic E-state index is 11.8. The summed E-state index contributed by atoms with van der Waals surface area (Å²) in [6.07, 6.45) is -0.569. The van der Waals surface area contributed by atoms with Gasteiger partial charge in [0.1, 0.15) is 6.10 Å². The fourth-order valence-corrected chi connectivity index (χ4v) is 2.43. The van der Waals surface area contributed by atoms with Crippen LogP contribution < -0.4 is 5.73 Å². The van der Waals surface area contributed by atoms with Gasteiger partial charge in [-0.15, -0.1) is 11.3 Å². The molecular formula is C10H15ClN2O2S. The van der Waals surface area contributed by atoms with Crippen LogP contribution in [0.1, 0.15) is 4.88 Å². The molecule has 0 aliphatic heterocycles. The second-order valence-corrected chi connectivity index (χ2v) is 5.16. The predicted molar refractivity (Wildman–Crippen MR) is 65.7 cm³/mol. The van der Waals surface area contributed by atoms with E-state index in [0.717, 1.165) is 9.21 Å². The first kappa shape index (κ1) is 13.4. The van der Waals surface area contributed by atoms with E-state index in [1.807, 2.05) is 12.1 Å². The van der Waals surface area contributed by atoms with Gasteiger partial charge in [-0.1, -0.05) is 11.6 Å². The van der Waals surface area contributed by atoms with E-state index in [1.165, 1.54) is 18.4 Å². The Kier molecular flexibility index (Phi) is 5.21. The van der Waals surface area contributed by atoms with Crippen molar-refractivity contribution >= 4 is 28.8 Å². The number of likely N-dealkylation sites (N-methyl/N-ethyl adjacent to an activating group) is 1. The molecular weight excluding hydrogens is 248 g/mol. The monoisotopic (exact) mass is 262 g/mol. The van der Waals surface area contributed by atoms with Crippen molar-refractivity contribution < 1.29 is 9.53 Å². The number of carbonyl (C=O) groups is 1. The van der Waals surface area contributed by atoms with Gasteiger partial charge in [-0.2, -0.15) is 0 Å². The third-order valence-corrected chi connectivity index (χ3v) is 3.39. The maximum absolute atomic E-state index is 11.8. The maximum Gasteiger partial charge on any atom is 0.253 e. The first-order chi connectivity index (χ1) is 7.58. The fraction of sp³-hybridized carbons (Fsp3) is 0.500. The van der Waals surface area contributed by atoms with Crippen LogP contribution in [0.15, 0.2) is 12.1 Å². The summed E-state index contributed by atoms with van der Waals surface area (Å²) < 4.78 is 5.71. The third-order valence-electron chi connectivity index (χ3n) is 2.17. The molecule has 0 aliphatic rings. The summed E-state index contributed by atoms with van der Waals surface area (Å²) in [6.45, 7) is 0.709. The summed E-state index contributed by atoms with van der Waals surface area (Å²) in [5, 5.41) is 0. The second-order valence-electron chi connectivity index (χ2n) is 3.36.